The van der Waals surface area contributed by atoms with Gasteiger partial charge >= 0.3 is 6.01 Å². The molecule has 0 radical (unpaired) electrons. The second kappa shape index (κ2) is 11.0. The summed E-state index contributed by atoms with van der Waals surface area (Å²) in [6, 6.07) is 5.98. The number of anilines is 2. The summed E-state index contributed by atoms with van der Waals surface area (Å²) in [6.07, 6.45) is 8.00. The summed E-state index contributed by atoms with van der Waals surface area (Å²) < 4.78 is 64.0. The van der Waals surface area contributed by atoms with Gasteiger partial charge < -0.3 is 24.8 Å². The highest BCUT2D eigenvalue weighted by molar-refractivity contribution is 6.03. The molecule has 232 valence electrons. The Balaban J connectivity index is 1.26. The van der Waals surface area contributed by atoms with Crippen molar-refractivity contribution in [2.75, 3.05) is 56.8 Å². The Morgan fingerprint density at radius 3 is 2.80 bits per heavy atom. The molecular weight excluding hydrogens is 585 g/mol. The van der Waals surface area contributed by atoms with Crippen LogP contribution in [0.25, 0.3) is 32.9 Å². The molecule has 2 aromatic heterocycles. The van der Waals surface area contributed by atoms with Gasteiger partial charge in [-0.1, -0.05) is 12.0 Å². The number of fused-ring (bicyclic) bond motifs is 4. The molecule has 4 fully saturated rings. The van der Waals surface area contributed by atoms with Crippen LogP contribution in [0.4, 0.5) is 24.7 Å². The minimum atomic E-state index is -1.09. The number of morpholine rings is 1. The van der Waals surface area contributed by atoms with Gasteiger partial charge in [0.1, 0.15) is 35.6 Å². The molecule has 1 aliphatic carbocycles. The van der Waals surface area contributed by atoms with Crippen molar-refractivity contribution in [2.45, 2.75) is 37.1 Å². The number of hydrogen-bond acceptors (Lipinski definition) is 9. The molecular formula is C33H31F3N6O3. The van der Waals surface area contributed by atoms with Crippen molar-refractivity contribution in [3.8, 4) is 29.6 Å². The molecule has 5 atom stereocenters. The van der Waals surface area contributed by atoms with Crippen LogP contribution in [0.15, 0.2) is 30.5 Å². The molecule has 0 spiro atoms. The van der Waals surface area contributed by atoms with Crippen LogP contribution >= 0.6 is 0 Å². The lowest BCUT2D eigenvalue weighted by molar-refractivity contribution is -0.0101. The van der Waals surface area contributed by atoms with Crippen molar-refractivity contribution in [3.63, 3.8) is 0 Å². The number of benzene rings is 2. The first-order chi connectivity index (χ1) is 21.9. The molecule has 0 bridgehead atoms. The minimum absolute atomic E-state index is 0.0178. The fraction of sp³-hybridized carbons (Fsp3) is 0.424. The van der Waals surface area contributed by atoms with E-state index in [4.69, 9.17) is 31.4 Å². The highest BCUT2D eigenvalue weighted by Crippen LogP contribution is 2.45. The quantitative estimate of drug-likeness (QED) is 0.263. The van der Waals surface area contributed by atoms with Gasteiger partial charge in [0.2, 0.25) is 0 Å². The van der Waals surface area contributed by atoms with Gasteiger partial charge in [-0.2, -0.15) is 9.97 Å². The monoisotopic (exact) mass is 616 g/mol. The molecule has 4 aromatic rings. The van der Waals surface area contributed by atoms with Crippen LogP contribution in [0.1, 0.15) is 18.4 Å². The molecule has 2 N–H and O–H groups in total. The number of rotatable bonds is 5. The number of aromatic nitrogens is 3. The Hall–Kier alpha value is -4.18. The normalized spacial score (nSPS) is 26.4. The number of hydrogen-bond donors (Lipinski definition) is 1. The third-order valence-electron chi connectivity index (χ3n) is 9.56. The van der Waals surface area contributed by atoms with E-state index >= 15 is 4.39 Å². The maximum Gasteiger partial charge on any atom is 0.319 e. The summed E-state index contributed by atoms with van der Waals surface area (Å²) in [4.78, 5) is 17.9. The zero-order valence-corrected chi connectivity index (χ0v) is 24.4. The van der Waals surface area contributed by atoms with E-state index in [0.29, 0.717) is 73.3 Å². The van der Waals surface area contributed by atoms with Crippen molar-refractivity contribution >= 4 is 33.2 Å². The van der Waals surface area contributed by atoms with Crippen molar-refractivity contribution in [2.24, 2.45) is 5.92 Å². The molecule has 9 nitrogen and oxygen atoms in total. The molecule has 3 saturated heterocycles. The van der Waals surface area contributed by atoms with Crippen LogP contribution in [0.3, 0.4) is 0 Å². The van der Waals surface area contributed by atoms with Gasteiger partial charge in [-0.25, -0.2) is 13.2 Å². The van der Waals surface area contributed by atoms with Crippen molar-refractivity contribution in [1.82, 2.24) is 19.9 Å². The first kappa shape index (κ1) is 28.3. The van der Waals surface area contributed by atoms with Crippen molar-refractivity contribution in [3.05, 3.63) is 47.7 Å². The molecule has 5 heterocycles. The Labute approximate surface area is 257 Å². The zero-order chi connectivity index (χ0) is 30.8. The number of alkyl halides is 1. The molecule has 45 heavy (non-hydrogen) atoms. The topological polar surface area (TPSA) is 98.9 Å². The molecule has 8 rings (SSSR count). The Bertz CT molecular complexity index is 1870. The predicted molar refractivity (Wildman–Crippen MR) is 163 cm³/mol. The first-order valence-corrected chi connectivity index (χ1v) is 15.2. The summed E-state index contributed by atoms with van der Waals surface area (Å²) in [7, 11) is 0. The third kappa shape index (κ3) is 4.72. The molecule has 1 saturated carbocycles. The maximum atomic E-state index is 16.8. The van der Waals surface area contributed by atoms with Crippen molar-refractivity contribution in [1.29, 1.82) is 0 Å². The van der Waals surface area contributed by atoms with Gasteiger partial charge in [-0.05, 0) is 36.4 Å². The summed E-state index contributed by atoms with van der Waals surface area (Å²) in [5.41, 5.74) is 6.58. The van der Waals surface area contributed by atoms with E-state index in [0.717, 1.165) is 19.4 Å². The van der Waals surface area contributed by atoms with Crippen LogP contribution in [0.2, 0.25) is 0 Å². The van der Waals surface area contributed by atoms with Crippen LogP contribution in [-0.2, 0) is 9.47 Å². The summed E-state index contributed by atoms with van der Waals surface area (Å²) in [5.74, 6) is 1.03. The summed E-state index contributed by atoms with van der Waals surface area (Å²) in [6.45, 7) is 3.53. The maximum absolute atomic E-state index is 16.8. The van der Waals surface area contributed by atoms with Gasteiger partial charge in [0, 0.05) is 53.9 Å². The molecule has 0 amide bonds. The zero-order valence-electron chi connectivity index (χ0n) is 24.4. The van der Waals surface area contributed by atoms with Crippen LogP contribution in [0, 0.1) is 29.9 Å². The fourth-order valence-corrected chi connectivity index (χ4v) is 7.27. The summed E-state index contributed by atoms with van der Waals surface area (Å²) >= 11 is 0. The Morgan fingerprint density at radius 2 is 1.93 bits per heavy atom. The molecule has 4 aliphatic rings. The van der Waals surface area contributed by atoms with Gasteiger partial charge in [-0.3, -0.25) is 9.88 Å². The SMILES string of the molecule is C#Cc1c(F)ccc2cc(N)cc(-c3ncc4c(N5CCOC[C@H]6[C@H](F)[C@H]65)nc(OCC5CCC6COCCN65)nc4c3F)c12. The van der Waals surface area contributed by atoms with Gasteiger partial charge in [-0.15, -0.1) is 6.42 Å². The van der Waals surface area contributed by atoms with E-state index in [1.54, 1.807) is 12.1 Å². The standard InChI is InChI=1S/C33H31F3N6O3/c1-2-21-25(34)6-3-17-11-18(37)12-22(26(17)21)29-28(36)30-23(13-38-29)32(42-8-10-44-16-24-27(35)31(24)42)40-33(39-30)45-15-20-5-4-19-14-43-9-7-41(19)20/h1,3,6,11-13,19-20,24,27,31H,4-5,7-10,14-16,37H2/t19?,20?,24-,27-,31-/m0/s1. The highest BCUT2D eigenvalue weighted by atomic mass is 19.1. The summed E-state index contributed by atoms with van der Waals surface area (Å²) in [5, 5.41) is 1.16. The number of pyridine rings is 1. The lowest BCUT2D eigenvalue weighted by atomic mass is 9.95. The Morgan fingerprint density at radius 1 is 1.09 bits per heavy atom. The lowest BCUT2D eigenvalue weighted by Crippen LogP contribution is -2.46. The van der Waals surface area contributed by atoms with Gasteiger partial charge in [0.25, 0.3) is 0 Å². The first-order valence-electron chi connectivity index (χ1n) is 15.2. The predicted octanol–water partition coefficient (Wildman–Crippen LogP) is 4.10. The molecule has 2 aromatic carbocycles. The van der Waals surface area contributed by atoms with E-state index in [-0.39, 0.29) is 40.3 Å². The number of nitrogens with zero attached hydrogens (tertiary/aromatic N) is 5. The van der Waals surface area contributed by atoms with E-state index in [1.807, 2.05) is 4.90 Å². The fourth-order valence-electron chi connectivity index (χ4n) is 7.27. The van der Waals surface area contributed by atoms with E-state index < -0.39 is 23.8 Å². The Kier molecular flexibility index (Phi) is 6.93. The number of terminal acetylenes is 1. The second-order valence-electron chi connectivity index (χ2n) is 12.1. The smallest absolute Gasteiger partial charge is 0.319 e. The van der Waals surface area contributed by atoms with Crippen LogP contribution in [0.5, 0.6) is 6.01 Å². The third-order valence-corrected chi connectivity index (χ3v) is 9.56. The molecule has 12 heteroatoms. The largest absolute Gasteiger partial charge is 0.462 e. The van der Waals surface area contributed by atoms with Crippen molar-refractivity contribution < 1.29 is 27.4 Å². The van der Waals surface area contributed by atoms with Crippen LogP contribution < -0.4 is 15.4 Å². The molecule has 2 unspecified atom stereocenters. The highest BCUT2D eigenvalue weighted by Gasteiger charge is 2.56. The average Bonchev–Trinajstić information content (AvgIpc) is 3.58. The number of nitrogens with two attached hydrogens (primary N) is 1. The number of halogens is 3. The average molecular weight is 617 g/mol. The van der Waals surface area contributed by atoms with E-state index in [2.05, 4.69) is 20.8 Å². The number of ether oxygens (including phenoxy) is 3. The second-order valence-corrected chi connectivity index (χ2v) is 12.1. The van der Waals surface area contributed by atoms with Crippen LogP contribution in [-0.4, -0.2) is 90.3 Å². The number of nitrogen functional groups attached to an aromatic ring is 1. The van der Waals surface area contributed by atoms with E-state index in [9.17, 15) is 8.78 Å². The molecule has 3 aliphatic heterocycles. The van der Waals surface area contributed by atoms with Gasteiger partial charge in [0.05, 0.1) is 43.4 Å². The lowest BCUT2D eigenvalue weighted by Gasteiger charge is -2.33. The minimum Gasteiger partial charge on any atom is -0.462 e. The van der Waals surface area contributed by atoms with E-state index in [1.165, 1.54) is 18.3 Å². The van der Waals surface area contributed by atoms with Gasteiger partial charge in [0.15, 0.2) is 5.82 Å².